The average molecular weight is 475 g/mol. The molecule has 0 aliphatic carbocycles. The number of aliphatic hydroxyl groups is 1. The molecule has 190 valence electrons. The maximum atomic E-state index is 12.9. The van der Waals surface area contributed by atoms with Crippen LogP contribution >= 0.6 is 0 Å². The normalized spacial score (nSPS) is 15.3. The van der Waals surface area contributed by atoms with Crippen molar-refractivity contribution >= 4 is 29.7 Å². The van der Waals surface area contributed by atoms with Crippen LogP contribution < -0.4 is 38.9 Å². The predicted octanol–water partition coefficient (Wildman–Crippen LogP) is -3.56. The fourth-order valence-electron chi connectivity index (χ4n) is 2.75. The number of hydrogen-bond acceptors (Lipinski definition) is 8. The Balaban J connectivity index is 5.51. The quantitative estimate of drug-likeness (QED) is 0.0603. The number of amides is 3. The predicted molar refractivity (Wildman–Crippen MR) is 122 cm³/mol. The largest absolute Gasteiger partial charge is 0.480 e. The van der Waals surface area contributed by atoms with Gasteiger partial charge in [-0.15, -0.1) is 0 Å². The maximum Gasteiger partial charge on any atom is 0.328 e. The van der Waals surface area contributed by atoms with E-state index in [9.17, 15) is 29.4 Å². The summed E-state index contributed by atoms with van der Waals surface area (Å²) >= 11 is 0. The summed E-state index contributed by atoms with van der Waals surface area (Å²) in [5.41, 5.74) is 21.6. The Bertz CT molecular complexity index is 681. The highest BCUT2D eigenvalue weighted by molar-refractivity contribution is 5.94. The first-order valence-corrected chi connectivity index (χ1v) is 10.7. The molecule has 0 aromatic rings. The fourth-order valence-corrected chi connectivity index (χ4v) is 2.75. The SMILES string of the molecule is C[C@H](N)C(=O)N[C@@H](CCCCN)C(=O)N[C@@H](CCCN=C(N)N)C(=O)N[C@H](C(=O)O)[C@@H](C)O. The van der Waals surface area contributed by atoms with Gasteiger partial charge in [-0.2, -0.15) is 0 Å². The van der Waals surface area contributed by atoms with Crippen LogP contribution in [0.15, 0.2) is 4.99 Å². The van der Waals surface area contributed by atoms with Crippen molar-refractivity contribution in [2.45, 2.75) is 76.2 Å². The van der Waals surface area contributed by atoms with E-state index < -0.39 is 54.0 Å². The Morgan fingerprint density at radius 2 is 1.39 bits per heavy atom. The van der Waals surface area contributed by atoms with Crippen LogP contribution in [0.5, 0.6) is 0 Å². The summed E-state index contributed by atoms with van der Waals surface area (Å²) in [6, 6.07) is -4.57. The summed E-state index contributed by atoms with van der Waals surface area (Å²) < 4.78 is 0. The van der Waals surface area contributed by atoms with Crippen LogP contribution in [0, 0.1) is 0 Å². The van der Waals surface area contributed by atoms with Gasteiger partial charge in [0.25, 0.3) is 0 Å². The van der Waals surface area contributed by atoms with Gasteiger partial charge in [-0.25, -0.2) is 4.79 Å². The highest BCUT2D eigenvalue weighted by Crippen LogP contribution is 2.06. The molecule has 0 saturated carbocycles. The van der Waals surface area contributed by atoms with Crippen molar-refractivity contribution in [3.8, 4) is 0 Å². The third-order valence-electron chi connectivity index (χ3n) is 4.62. The second-order valence-electron chi connectivity index (χ2n) is 7.71. The summed E-state index contributed by atoms with van der Waals surface area (Å²) in [6.07, 6.45) is 0.394. The smallest absolute Gasteiger partial charge is 0.328 e. The zero-order valence-corrected chi connectivity index (χ0v) is 19.1. The lowest BCUT2D eigenvalue weighted by molar-refractivity contribution is -0.145. The molecule has 0 aliphatic heterocycles. The number of aliphatic imine (C=N–C) groups is 1. The number of aliphatic hydroxyl groups excluding tert-OH is 1. The summed E-state index contributed by atoms with van der Waals surface area (Å²) in [6.45, 7) is 3.25. The molecule has 0 bridgehead atoms. The molecule has 0 radical (unpaired) electrons. The summed E-state index contributed by atoms with van der Waals surface area (Å²) in [5.74, 6) is -3.59. The molecule has 0 fully saturated rings. The molecule has 3 amide bonds. The first-order valence-electron chi connectivity index (χ1n) is 10.7. The third-order valence-corrected chi connectivity index (χ3v) is 4.62. The van der Waals surface area contributed by atoms with Gasteiger partial charge in [0, 0.05) is 6.54 Å². The van der Waals surface area contributed by atoms with Crippen LogP contribution in [0.3, 0.4) is 0 Å². The highest BCUT2D eigenvalue weighted by Gasteiger charge is 2.31. The van der Waals surface area contributed by atoms with Crippen molar-refractivity contribution in [1.82, 2.24) is 16.0 Å². The van der Waals surface area contributed by atoms with E-state index in [1.165, 1.54) is 13.8 Å². The number of carboxylic acids is 1. The van der Waals surface area contributed by atoms with Gasteiger partial charge in [0.15, 0.2) is 12.0 Å². The minimum Gasteiger partial charge on any atom is -0.480 e. The number of hydrogen-bond donors (Lipinski definition) is 9. The number of carbonyl (C=O) groups excluding carboxylic acids is 3. The molecule has 14 heteroatoms. The maximum absolute atomic E-state index is 12.9. The number of nitrogens with zero attached hydrogens (tertiary/aromatic N) is 1. The van der Waals surface area contributed by atoms with E-state index in [2.05, 4.69) is 20.9 Å². The van der Waals surface area contributed by atoms with Crippen molar-refractivity contribution in [1.29, 1.82) is 0 Å². The van der Waals surface area contributed by atoms with E-state index in [0.717, 1.165) is 0 Å². The first kappa shape index (κ1) is 30.0. The van der Waals surface area contributed by atoms with E-state index in [1.54, 1.807) is 0 Å². The Morgan fingerprint density at radius 1 is 0.879 bits per heavy atom. The zero-order chi connectivity index (χ0) is 25.6. The molecule has 33 heavy (non-hydrogen) atoms. The molecule has 13 N–H and O–H groups in total. The van der Waals surface area contributed by atoms with Crippen LogP contribution in [0.1, 0.15) is 46.0 Å². The second kappa shape index (κ2) is 15.8. The van der Waals surface area contributed by atoms with Gasteiger partial charge < -0.3 is 49.1 Å². The lowest BCUT2D eigenvalue weighted by Gasteiger charge is -2.25. The van der Waals surface area contributed by atoms with E-state index in [1.807, 2.05) is 0 Å². The van der Waals surface area contributed by atoms with E-state index in [-0.39, 0.29) is 31.8 Å². The average Bonchev–Trinajstić information content (AvgIpc) is 2.72. The van der Waals surface area contributed by atoms with Gasteiger partial charge in [0.2, 0.25) is 17.7 Å². The van der Waals surface area contributed by atoms with E-state index >= 15 is 0 Å². The minimum atomic E-state index is -1.58. The minimum absolute atomic E-state index is 0.0667. The van der Waals surface area contributed by atoms with E-state index in [4.69, 9.17) is 22.9 Å². The van der Waals surface area contributed by atoms with Crippen LogP contribution in [-0.4, -0.2) is 83.2 Å². The molecule has 0 unspecified atom stereocenters. The highest BCUT2D eigenvalue weighted by atomic mass is 16.4. The Labute approximate surface area is 192 Å². The molecular formula is C19H38N8O6. The molecule has 14 nitrogen and oxygen atoms in total. The number of unbranched alkanes of at least 4 members (excludes halogenated alkanes) is 1. The van der Waals surface area contributed by atoms with Crippen LogP contribution in [-0.2, 0) is 19.2 Å². The monoisotopic (exact) mass is 474 g/mol. The first-order chi connectivity index (χ1) is 15.4. The number of carboxylic acid groups (broad SMARTS) is 1. The number of rotatable bonds is 16. The summed E-state index contributed by atoms with van der Waals surface area (Å²) in [7, 11) is 0. The van der Waals surface area contributed by atoms with Gasteiger partial charge in [-0.3, -0.25) is 19.4 Å². The zero-order valence-electron chi connectivity index (χ0n) is 19.1. The van der Waals surface area contributed by atoms with Crippen LogP contribution in [0.25, 0.3) is 0 Å². The van der Waals surface area contributed by atoms with Gasteiger partial charge in [0.1, 0.15) is 12.1 Å². The Hall–Kier alpha value is -2.97. The molecule has 5 atom stereocenters. The number of aliphatic carboxylic acids is 1. The number of carbonyl (C=O) groups is 4. The van der Waals surface area contributed by atoms with Crippen molar-refractivity contribution in [3.05, 3.63) is 0 Å². The number of nitrogens with two attached hydrogens (primary N) is 4. The van der Waals surface area contributed by atoms with Crippen molar-refractivity contribution < 1.29 is 29.4 Å². The van der Waals surface area contributed by atoms with Crippen molar-refractivity contribution in [2.75, 3.05) is 13.1 Å². The van der Waals surface area contributed by atoms with Crippen LogP contribution in [0.2, 0.25) is 0 Å². The lowest BCUT2D eigenvalue weighted by Crippen LogP contribution is -2.58. The van der Waals surface area contributed by atoms with E-state index in [0.29, 0.717) is 19.4 Å². The number of guanidine groups is 1. The lowest BCUT2D eigenvalue weighted by atomic mass is 10.0. The van der Waals surface area contributed by atoms with Gasteiger partial charge in [-0.05, 0) is 52.5 Å². The molecule has 0 aromatic heterocycles. The van der Waals surface area contributed by atoms with Crippen molar-refractivity contribution in [3.63, 3.8) is 0 Å². The number of nitrogens with one attached hydrogen (secondary N) is 3. The molecule has 0 spiro atoms. The summed E-state index contributed by atoms with van der Waals surface area (Å²) in [4.78, 5) is 52.8. The fraction of sp³-hybridized carbons (Fsp3) is 0.737. The van der Waals surface area contributed by atoms with Crippen LogP contribution in [0.4, 0.5) is 0 Å². The van der Waals surface area contributed by atoms with Gasteiger partial charge in [-0.1, -0.05) is 0 Å². The molecule has 0 heterocycles. The molecular weight excluding hydrogens is 436 g/mol. The molecule has 0 aliphatic rings. The molecule has 0 aromatic carbocycles. The molecule has 0 rings (SSSR count). The Morgan fingerprint density at radius 3 is 1.85 bits per heavy atom. The third kappa shape index (κ3) is 12.6. The summed E-state index contributed by atoms with van der Waals surface area (Å²) in [5, 5.41) is 26.1. The second-order valence-corrected chi connectivity index (χ2v) is 7.71. The Kier molecular flexibility index (Phi) is 14.4. The topological polar surface area (TPSA) is 261 Å². The standard InChI is InChI=1S/C19H38N8O6/c1-10(21)15(29)25-12(6-3-4-8-20)16(30)26-13(7-5-9-24-19(22)23)17(31)27-14(11(2)28)18(32)33/h10-14,28H,3-9,20-21H2,1-2H3,(H,25,29)(H,26,30)(H,27,31)(H,32,33)(H4,22,23,24)/t10-,11+,12-,13-,14-/m0/s1. The van der Waals surface area contributed by atoms with Crippen molar-refractivity contribution in [2.24, 2.45) is 27.9 Å². The van der Waals surface area contributed by atoms with Gasteiger partial charge in [0.05, 0.1) is 12.1 Å². The van der Waals surface area contributed by atoms with Gasteiger partial charge >= 0.3 is 5.97 Å². The molecule has 0 saturated heterocycles.